The Bertz CT molecular complexity index is 633. The molecule has 0 N–H and O–H groups in total. The fraction of sp³-hybridized carbons (Fsp3) is 0.200. The third-order valence-corrected chi connectivity index (χ3v) is 4.01. The number of nitrogens with zero attached hydrogens (tertiary/aromatic N) is 2. The van der Waals surface area contributed by atoms with Crippen LogP contribution in [0.4, 0.5) is 0 Å². The van der Waals surface area contributed by atoms with E-state index in [4.69, 9.17) is 11.6 Å². The number of carbonyl (C=O) groups excluding carboxylic acids is 1. The Morgan fingerprint density at radius 1 is 1.35 bits per heavy atom. The minimum atomic E-state index is -0.108. The van der Waals surface area contributed by atoms with Crippen LogP contribution in [0, 0.1) is 0 Å². The normalized spacial score (nSPS) is 12.0. The Morgan fingerprint density at radius 2 is 2.05 bits per heavy atom. The molecule has 0 aliphatic carbocycles. The molecule has 3 nitrogen and oxygen atoms in total. The zero-order valence-electron chi connectivity index (χ0n) is 11.2. The first-order valence-electron chi connectivity index (χ1n) is 6.14. The smallest absolute Gasteiger partial charge is 0.254 e. The summed E-state index contributed by atoms with van der Waals surface area (Å²) in [7, 11) is 1.77. The highest BCUT2D eigenvalue weighted by Gasteiger charge is 2.20. The van der Waals surface area contributed by atoms with Gasteiger partial charge >= 0.3 is 0 Å². The fourth-order valence-corrected chi connectivity index (χ4v) is 2.60. The van der Waals surface area contributed by atoms with Crippen molar-refractivity contribution < 1.29 is 4.79 Å². The molecule has 0 saturated carbocycles. The lowest BCUT2D eigenvalue weighted by Gasteiger charge is -2.26. The largest absolute Gasteiger partial charge is 0.335 e. The van der Waals surface area contributed by atoms with E-state index in [0.29, 0.717) is 15.2 Å². The number of carbonyl (C=O) groups is 1. The number of amides is 1. The number of halogens is 2. The lowest BCUT2D eigenvalue weighted by atomic mass is 10.1. The van der Waals surface area contributed by atoms with Gasteiger partial charge in [0.05, 0.1) is 6.04 Å². The van der Waals surface area contributed by atoms with Gasteiger partial charge in [0.2, 0.25) is 0 Å². The van der Waals surface area contributed by atoms with Crippen LogP contribution in [0.3, 0.4) is 0 Å². The quantitative estimate of drug-likeness (QED) is 0.769. The summed E-state index contributed by atoms with van der Waals surface area (Å²) in [5.41, 5.74) is 1.52. The molecule has 1 aromatic heterocycles. The molecular weight excluding hydrogens is 340 g/mol. The molecule has 0 aliphatic rings. The molecule has 104 valence electrons. The lowest BCUT2D eigenvalue weighted by molar-refractivity contribution is 0.0742. The Labute approximate surface area is 131 Å². The Hall–Kier alpha value is -1.39. The van der Waals surface area contributed by atoms with Crippen LogP contribution in [-0.4, -0.2) is 22.8 Å². The third kappa shape index (κ3) is 3.19. The number of aromatic nitrogens is 1. The second-order valence-corrected chi connectivity index (χ2v) is 5.70. The minimum absolute atomic E-state index is 0.0690. The zero-order valence-corrected chi connectivity index (χ0v) is 13.5. The Balaban J connectivity index is 2.25. The van der Waals surface area contributed by atoms with Gasteiger partial charge in [0.15, 0.2) is 0 Å². The summed E-state index contributed by atoms with van der Waals surface area (Å²) < 4.78 is 0.641. The molecular formula is C15H14BrClN2O. The molecule has 20 heavy (non-hydrogen) atoms. The molecule has 5 heteroatoms. The van der Waals surface area contributed by atoms with E-state index in [1.54, 1.807) is 30.3 Å². The second-order valence-electron chi connectivity index (χ2n) is 4.48. The van der Waals surface area contributed by atoms with Crippen molar-refractivity contribution in [2.75, 3.05) is 7.05 Å². The molecule has 0 radical (unpaired) electrons. The first kappa shape index (κ1) is 15.0. The molecule has 0 fully saturated rings. The van der Waals surface area contributed by atoms with Crippen molar-refractivity contribution in [3.05, 3.63) is 63.3 Å². The summed E-state index contributed by atoms with van der Waals surface area (Å²) in [6.45, 7) is 1.95. The average molecular weight is 354 g/mol. The number of hydrogen-bond acceptors (Lipinski definition) is 2. The molecule has 0 spiro atoms. The van der Waals surface area contributed by atoms with Crippen LogP contribution in [0.25, 0.3) is 0 Å². The zero-order chi connectivity index (χ0) is 14.7. The molecule has 2 aromatic rings. The van der Waals surface area contributed by atoms with Crippen LogP contribution >= 0.6 is 27.5 Å². The summed E-state index contributed by atoms with van der Waals surface area (Å²) >= 11 is 9.45. The topological polar surface area (TPSA) is 33.2 Å². The third-order valence-electron chi connectivity index (χ3n) is 3.23. The fourth-order valence-electron chi connectivity index (χ4n) is 1.94. The molecule has 0 aliphatic heterocycles. The molecule has 1 heterocycles. The second kappa shape index (κ2) is 6.37. The van der Waals surface area contributed by atoms with Crippen LogP contribution in [0.5, 0.6) is 0 Å². The van der Waals surface area contributed by atoms with Gasteiger partial charge in [0.1, 0.15) is 4.60 Å². The van der Waals surface area contributed by atoms with Crippen molar-refractivity contribution in [2.24, 2.45) is 0 Å². The van der Waals surface area contributed by atoms with Gasteiger partial charge in [-0.05, 0) is 46.6 Å². The van der Waals surface area contributed by atoms with Crippen LogP contribution in [0.1, 0.15) is 28.9 Å². The van der Waals surface area contributed by atoms with Gasteiger partial charge in [0, 0.05) is 23.8 Å². The number of pyridine rings is 1. The van der Waals surface area contributed by atoms with Gasteiger partial charge in [-0.2, -0.15) is 0 Å². The maximum atomic E-state index is 12.5. The monoisotopic (exact) mass is 352 g/mol. The Kier molecular flexibility index (Phi) is 4.78. The van der Waals surface area contributed by atoms with E-state index in [0.717, 1.165) is 5.56 Å². The summed E-state index contributed by atoms with van der Waals surface area (Å²) in [5.74, 6) is -0.0690. The molecule has 1 unspecified atom stereocenters. The summed E-state index contributed by atoms with van der Waals surface area (Å²) in [4.78, 5) is 18.2. The first-order valence-corrected chi connectivity index (χ1v) is 7.31. The van der Waals surface area contributed by atoms with E-state index >= 15 is 0 Å². The van der Waals surface area contributed by atoms with Crippen LogP contribution in [-0.2, 0) is 0 Å². The summed E-state index contributed by atoms with van der Waals surface area (Å²) in [6.07, 6.45) is 1.60. The van der Waals surface area contributed by atoms with Gasteiger partial charge in [0.25, 0.3) is 5.91 Å². The van der Waals surface area contributed by atoms with Gasteiger partial charge < -0.3 is 4.90 Å². The van der Waals surface area contributed by atoms with Gasteiger partial charge in [-0.1, -0.05) is 29.8 Å². The van der Waals surface area contributed by atoms with Crippen LogP contribution in [0.15, 0.2) is 47.2 Å². The van der Waals surface area contributed by atoms with E-state index < -0.39 is 0 Å². The standard InChI is InChI=1S/C15H14BrClN2O/c1-10(12-5-3-4-6-13(12)17)19(2)15(20)11-7-8-18-14(16)9-11/h3-10H,1-2H3. The highest BCUT2D eigenvalue weighted by atomic mass is 79.9. The summed E-state index contributed by atoms with van der Waals surface area (Å²) in [6, 6.07) is 10.8. The van der Waals surface area contributed by atoms with Crippen molar-refractivity contribution in [3.8, 4) is 0 Å². The number of rotatable bonds is 3. The van der Waals surface area contributed by atoms with Crippen molar-refractivity contribution in [3.63, 3.8) is 0 Å². The Morgan fingerprint density at radius 3 is 2.70 bits per heavy atom. The molecule has 0 bridgehead atoms. The predicted molar refractivity (Wildman–Crippen MR) is 83.9 cm³/mol. The highest BCUT2D eigenvalue weighted by molar-refractivity contribution is 9.10. The van der Waals surface area contributed by atoms with E-state index in [-0.39, 0.29) is 11.9 Å². The SMILES string of the molecule is CC(c1ccccc1Cl)N(C)C(=O)c1ccnc(Br)c1. The van der Waals surface area contributed by atoms with Gasteiger partial charge in [-0.3, -0.25) is 4.79 Å². The molecule has 0 saturated heterocycles. The van der Waals surface area contributed by atoms with Crippen LogP contribution in [0.2, 0.25) is 5.02 Å². The molecule has 1 aromatic carbocycles. The maximum Gasteiger partial charge on any atom is 0.254 e. The lowest BCUT2D eigenvalue weighted by Crippen LogP contribution is -2.29. The molecule has 2 rings (SSSR count). The van der Waals surface area contributed by atoms with Crippen LogP contribution < -0.4 is 0 Å². The number of benzene rings is 1. The number of hydrogen-bond donors (Lipinski definition) is 0. The van der Waals surface area contributed by atoms with E-state index in [1.165, 1.54) is 0 Å². The first-order chi connectivity index (χ1) is 9.50. The summed E-state index contributed by atoms with van der Waals surface area (Å²) in [5, 5.41) is 0.663. The minimum Gasteiger partial charge on any atom is -0.335 e. The van der Waals surface area contributed by atoms with Gasteiger partial charge in [-0.25, -0.2) is 4.98 Å². The van der Waals surface area contributed by atoms with Gasteiger partial charge in [-0.15, -0.1) is 0 Å². The van der Waals surface area contributed by atoms with E-state index in [9.17, 15) is 4.79 Å². The van der Waals surface area contributed by atoms with Crippen molar-refractivity contribution in [1.29, 1.82) is 0 Å². The predicted octanol–water partition coefficient (Wildman–Crippen LogP) is 4.33. The molecule has 1 amide bonds. The molecule has 1 atom stereocenters. The maximum absolute atomic E-state index is 12.5. The highest BCUT2D eigenvalue weighted by Crippen LogP contribution is 2.27. The van der Waals surface area contributed by atoms with E-state index in [2.05, 4.69) is 20.9 Å². The average Bonchev–Trinajstić information content (AvgIpc) is 2.45. The van der Waals surface area contributed by atoms with Crippen molar-refractivity contribution in [1.82, 2.24) is 9.88 Å². The van der Waals surface area contributed by atoms with E-state index in [1.807, 2.05) is 31.2 Å². The van der Waals surface area contributed by atoms with Crippen molar-refractivity contribution >= 4 is 33.4 Å². The van der Waals surface area contributed by atoms with Crippen molar-refractivity contribution in [2.45, 2.75) is 13.0 Å².